The summed E-state index contributed by atoms with van der Waals surface area (Å²) in [5, 5.41) is 0. The van der Waals surface area contributed by atoms with E-state index >= 15 is 0 Å². The van der Waals surface area contributed by atoms with E-state index in [2.05, 4.69) is 0 Å². The Labute approximate surface area is 88.8 Å². The molecule has 15 heavy (non-hydrogen) atoms. The average molecular weight is 200 g/mol. The molecule has 0 aliphatic heterocycles. The molecule has 0 saturated heterocycles. The molecule has 0 atom stereocenters. The van der Waals surface area contributed by atoms with Gasteiger partial charge in [0.05, 0.1) is 19.6 Å². The van der Waals surface area contributed by atoms with Crippen molar-refractivity contribution in [3.63, 3.8) is 0 Å². The van der Waals surface area contributed by atoms with Crippen LogP contribution in [0.4, 0.5) is 0 Å². The fraction of sp³-hybridized carbons (Fsp3) is 0.0769. The Hall–Kier alpha value is -1.96. The van der Waals surface area contributed by atoms with Crippen molar-refractivity contribution in [2.75, 3.05) is 7.11 Å². The van der Waals surface area contributed by atoms with Crippen LogP contribution in [0.25, 0.3) is 12.2 Å². The standard InChI is InChI=1S/C13H12O2/c1-14-13-6-4-11(5-7-13)2-3-12-8-9-15-10-12/h2-10H,1H3/b3-2-. The van der Waals surface area contributed by atoms with E-state index in [1.165, 1.54) is 0 Å². The molecule has 2 rings (SSSR count). The lowest BCUT2D eigenvalue weighted by atomic mass is 10.2. The van der Waals surface area contributed by atoms with Crippen LogP contribution in [0.15, 0.2) is 47.3 Å². The van der Waals surface area contributed by atoms with Crippen molar-refractivity contribution in [3.8, 4) is 5.75 Å². The molecule has 0 aliphatic rings. The molecule has 0 unspecified atom stereocenters. The third-order valence-corrected chi connectivity index (χ3v) is 2.13. The molecule has 0 spiro atoms. The summed E-state index contributed by atoms with van der Waals surface area (Å²) in [5.41, 5.74) is 2.20. The summed E-state index contributed by atoms with van der Waals surface area (Å²) in [7, 11) is 1.66. The summed E-state index contributed by atoms with van der Waals surface area (Å²) in [6.45, 7) is 0. The number of methoxy groups -OCH3 is 1. The number of rotatable bonds is 3. The van der Waals surface area contributed by atoms with Crippen molar-refractivity contribution >= 4 is 12.2 Å². The highest BCUT2D eigenvalue weighted by molar-refractivity contribution is 5.69. The highest BCUT2D eigenvalue weighted by atomic mass is 16.5. The van der Waals surface area contributed by atoms with Crippen LogP contribution in [0.2, 0.25) is 0 Å². The first kappa shape index (κ1) is 9.59. The molecule has 0 N–H and O–H groups in total. The highest BCUT2D eigenvalue weighted by Crippen LogP contribution is 2.13. The SMILES string of the molecule is COc1ccc(/C=C\c2ccoc2)cc1. The van der Waals surface area contributed by atoms with Crippen LogP contribution in [0.1, 0.15) is 11.1 Å². The monoisotopic (exact) mass is 200 g/mol. The van der Waals surface area contributed by atoms with Crippen molar-refractivity contribution in [3.05, 3.63) is 54.0 Å². The predicted molar refractivity (Wildman–Crippen MR) is 60.6 cm³/mol. The molecule has 0 bridgehead atoms. The first-order chi connectivity index (χ1) is 7.38. The van der Waals surface area contributed by atoms with Gasteiger partial charge in [-0.2, -0.15) is 0 Å². The Kier molecular flexibility index (Phi) is 2.88. The molecule has 2 aromatic rings. The van der Waals surface area contributed by atoms with Crippen molar-refractivity contribution < 1.29 is 9.15 Å². The van der Waals surface area contributed by atoms with E-state index in [1.807, 2.05) is 42.5 Å². The van der Waals surface area contributed by atoms with Gasteiger partial charge < -0.3 is 9.15 Å². The minimum Gasteiger partial charge on any atom is -0.497 e. The maximum atomic E-state index is 5.08. The second-order valence-electron chi connectivity index (χ2n) is 3.16. The van der Waals surface area contributed by atoms with Gasteiger partial charge in [-0.1, -0.05) is 24.3 Å². The first-order valence-corrected chi connectivity index (χ1v) is 4.73. The molecular weight excluding hydrogens is 188 g/mol. The molecule has 0 amide bonds. The van der Waals surface area contributed by atoms with Gasteiger partial charge in [-0.15, -0.1) is 0 Å². The number of furan rings is 1. The Morgan fingerprint density at radius 2 is 1.73 bits per heavy atom. The summed E-state index contributed by atoms with van der Waals surface area (Å²) in [5.74, 6) is 0.871. The third-order valence-electron chi connectivity index (χ3n) is 2.13. The van der Waals surface area contributed by atoms with Gasteiger partial charge in [-0.3, -0.25) is 0 Å². The van der Waals surface area contributed by atoms with Gasteiger partial charge >= 0.3 is 0 Å². The van der Waals surface area contributed by atoms with E-state index in [4.69, 9.17) is 9.15 Å². The Balaban J connectivity index is 2.11. The van der Waals surface area contributed by atoms with E-state index in [-0.39, 0.29) is 0 Å². The van der Waals surface area contributed by atoms with Crippen LogP contribution in [-0.2, 0) is 0 Å². The summed E-state index contributed by atoms with van der Waals surface area (Å²) >= 11 is 0. The lowest BCUT2D eigenvalue weighted by Crippen LogP contribution is -1.81. The van der Waals surface area contributed by atoms with Crippen molar-refractivity contribution in [2.45, 2.75) is 0 Å². The Bertz CT molecular complexity index is 424. The van der Waals surface area contributed by atoms with Gasteiger partial charge in [0.15, 0.2) is 0 Å². The van der Waals surface area contributed by atoms with Gasteiger partial charge in [0.2, 0.25) is 0 Å². The van der Waals surface area contributed by atoms with Crippen LogP contribution in [0, 0.1) is 0 Å². The molecule has 76 valence electrons. The number of benzene rings is 1. The topological polar surface area (TPSA) is 22.4 Å². The number of ether oxygens (including phenoxy) is 1. The van der Waals surface area contributed by atoms with E-state index in [9.17, 15) is 0 Å². The van der Waals surface area contributed by atoms with Gasteiger partial charge in [0, 0.05) is 5.56 Å². The highest BCUT2D eigenvalue weighted by Gasteiger charge is 1.91. The summed E-state index contributed by atoms with van der Waals surface area (Å²) < 4.78 is 10.0. The van der Waals surface area contributed by atoms with E-state index < -0.39 is 0 Å². The average Bonchev–Trinajstić information content (AvgIpc) is 2.80. The van der Waals surface area contributed by atoms with E-state index in [0.29, 0.717) is 0 Å². The van der Waals surface area contributed by atoms with Crippen LogP contribution in [0.3, 0.4) is 0 Å². The van der Waals surface area contributed by atoms with Gasteiger partial charge in [-0.05, 0) is 23.8 Å². The van der Waals surface area contributed by atoms with Gasteiger partial charge in [-0.25, -0.2) is 0 Å². The number of hydrogen-bond acceptors (Lipinski definition) is 2. The molecule has 2 heteroatoms. The maximum absolute atomic E-state index is 5.08. The normalized spacial score (nSPS) is 10.7. The molecule has 1 heterocycles. The lowest BCUT2D eigenvalue weighted by molar-refractivity contribution is 0.415. The zero-order valence-corrected chi connectivity index (χ0v) is 8.51. The minimum atomic E-state index is 0.871. The van der Waals surface area contributed by atoms with Crippen molar-refractivity contribution in [2.24, 2.45) is 0 Å². The summed E-state index contributed by atoms with van der Waals surface area (Å²) in [6, 6.07) is 9.81. The third kappa shape index (κ3) is 2.50. The second-order valence-corrected chi connectivity index (χ2v) is 3.16. The molecule has 1 aromatic heterocycles. The summed E-state index contributed by atoms with van der Waals surface area (Å²) in [4.78, 5) is 0. The zero-order chi connectivity index (χ0) is 10.5. The van der Waals surface area contributed by atoms with Crippen molar-refractivity contribution in [1.82, 2.24) is 0 Å². The van der Waals surface area contributed by atoms with E-state index in [0.717, 1.165) is 16.9 Å². The fourth-order valence-corrected chi connectivity index (χ4v) is 1.28. The molecule has 0 radical (unpaired) electrons. The molecule has 0 saturated carbocycles. The molecule has 0 aliphatic carbocycles. The van der Waals surface area contributed by atoms with Gasteiger partial charge in [0.1, 0.15) is 5.75 Å². The van der Waals surface area contributed by atoms with Crippen LogP contribution in [0.5, 0.6) is 5.75 Å². The zero-order valence-electron chi connectivity index (χ0n) is 8.51. The van der Waals surface area contributed by atoms with Crippen molar-refractivity contribution in [1.29, 1.82) is 0 Å². The summed E-state index contributed by atoms with van der Waals surface area (Å²) in [6.07, 6.45) is 7.41. The molecular formula is C13H12O2. The molecule has 1 aromatic carbocycles. The smallest absolute Gasteiger partial charge is 0.118 e. The van der Waals surface area contributed by atoms with Crippen LogP contribution in [-0.4, -0.2) is 7.11 Å². The largest absolute Gasteiger partial charge is 0.497 e. The molecule has 0 fully saturated rings. The Morgan fingerprint density at radius 3 is 2.33 bits per heavy atom. The quantitative estimate of drug-likeness (QED) is 0.757. The fourth-order valence-electron chi connectivity index (χ4n) is 1.28. The lowest BCUT2D eigenvalue weighted by Gasteiger charge is -1.98. The van der Waals surface area contributed by atoms with E-state index in [1.54, 1.807) is 19.6 Å². The minimum absolute atomic E-state index is 0.871. The van der Waals surface area contributed by atoms with Crippen LogP contribution < -0.4 is 4.74 Å². The predicted octanol–water partition coefficient (Wildman–Crippen LogP) is 3.46. The first-order valence-electron chi connectivity index (χ1n) is 4.73. The second kappa shape index (κ2) is 4.51. The molecule has 2 nitrogen and oxygen atoms in total. The number of hydrogen-bond donors (Lipinski definition) is 0. The van der Waals surface area contributed by atoms with Gasteiger partial charge in [0.25, 0.3) is 0 Å². The van der Waals surface area contributed by atoms with Crippen LogP contribution >= 0.6 is 0 Å². The Morgan fingerprint density at radius 1 is 1.00 bits per heavy atom. The maximum Gasteiger partial charge on any atom is 0.118 e.